The molecule has 1 aliphatic heterocycles. The van der Waals surface area contributed by atoms with Crippen LogP contribution in [0.25, 0.3) is 0 Å². The fourth-order valence-corrected chi connectivity index (χ4v) is 3.91. The fraction of sp³-hybridized carbons (Fsp3) is 0.269. The van der Waals surface area contributed by atoms with Crippen LogP contribution in [0.3, 0.4) is 0 Å². The van der Waals surface area contributed by atoms with Gasteiger partial charge in [-0.05, 0) is 42.5 Å². The van der Waals surface area contributed by atoms with E-state index in [-0.39, 0.29) is 42.7 Å². The van der Waals surface area contributed by atoms with Crippen LogP contribution >= 0.6 is 24.8 Å². The monoisotopic (exact) mass is 541 g/mol. The molecule has 0 aliphatic carbocycles. The molecule has 5 nitrogen and oxygen atoms in total. The number of anilines is 3. The van der Waals surface area contributed by atoms with Crippen molar-refractivity contribution in [3.63, 3.8) is 0 Å². The first kappa shape index (κ1) is 29.3. The van der Waals surface area contributed by atoms with Crippen LogP contribution in [0.5, 0.6) is 0 Å². The maximum Gasteiger partial charge on any atom is 0.416 e. The Bertz CT molecular complexity index is 1110. The molecule has 0 saturated carbocycles. The van der Waals surface area contributed by atoms with Crippen LogP contribution in [0.4, 0.5) is 30.2 Å². The van der Waals surface area contributed by atoms with Gasteiger partial charge in [-0.15, -0.1) is 24.8 Å². The highest BCUT2D eigenvalue weighted by Gasteiger charge is 2.30. The van der Waals surface area contributed by atoms with Crippen molar-refractivity contribution >= 4 is 47.8 Å². The SMILES string of the molecule is Cl.Cl.O=C(OCCN1CCN(c2ccccc2)CC1)c1ccccc1Nc1cccc(C(F)(F)F)c1. The highest BCUT2D eigenvalue weighted by Crippen LogP contribution is 2.32. The van der Waals surface area contributed by atoms with E-state index < -0.39 is 17.7 Å². The molecule has 194 valence electrons. The molecule has 1 fully saturated rings. The highest BCUT2D eigenvalue weighted by atomic mass is 35.5. The number of esters is 1. The minimum absolute atomic E-state index is 0. The van der Waals surface area contributed by atoms with E-state index in [0.29, 0.717) is 12.2 Å². The molecule has 1 heterocycles. The van der Waals surface area contributed by atoms with Crippen molar-refractivity contribution in [2.24, 2.45) is 0 Å². The molecule has 4 rings (SSSR count). The van der Waals surface area contributed by atoms with Gasteiger partial charge in [-0.3, -0.25) is 4.90 Å². The first-order valence-electron chi connectivity index (χ1n) is 11.1. The number of halogens is 5. The number of rotatable bonds is 7. The van der Waals surface area contributed by atoms with Gasteiger partial charge in [0.1, 0.15) is 6.61 Å². The Balaban J connectivity index is 0.00000228. The number of nitrogens with one attached hydrogen (secondary N) is 1. The van der Waals surface area contributed by atoms with Crippen molar-refractivity contribution in [2.75, 3.05) is 49.5 Å². The van der Waals surface area contributed by atoms with Crippen LogP contribution in [0.2, 0.25) is 0 Å². The molecule has 10 heteroatoms. The van der Waals surface area contributed by atoms with Gasteiger partial charge in [-0.2, -0.15) is 13.2 Å². The summed E-state index contributed by atoms with van der Waals surface area (Å²) in [6, 6.07) is 21.7. The molecule has 0 atom stereocenters. The fourth-order valence-electron chi connectivity index (χ4n) is 3.91. The Morgan fingerprint density at radius 1 is 0.861 bits per heavy atom. The van der Waals surface area contributed by atoms with Gasteiger partial charge < -0.3 is 15.0 Å². The van der Waals surface area contributed by atoms with Crippen LogP contribution in [0, 0.1) is 0 Å². The molecule has 3 aromatic rings. The summed E-state index contributed by atoms with van der Waals surface area (Å²) in [6.07, 6.45) is -4.44. The summed E-state index contributed by atoms with van der Waals surface area (Å²) in [5, 5.41) is 2.91. The van der Waals surface area contributed by atoms with Crippen molar-refractivity contribution in [3.05, 3.63) is 90.0 Å². The molecule has 1 N–H and O–H groups in total. The highest BCUT2D eigenvalue weighted by molar-refractivity contribution is 5.96. The van der Waals surface area contributed by atoms with E-state index in [2.05, 4.69) is 27.2 Å². The predicted octanol–water partition coefficient (Wildman–Crippen LogP) is 6.27. The van der Waals surface area contributed by atoms with Crippen LogP contribution in [0.1, 0.15) is 15.9 Å². The van der Waals surface area contributed by atoms with E-state index in [9.17, 15) is 18.0 Å². The van der Waals surface area contributed by atoms with Crippen LogP contribution in [-0.2, 0) is 10.9 Å². The molecule has 0 radical (unpaired) electrons. The lowest BCUT2D eigenvalue weighted by Crippen LogP contribution is -2.47. The topological polar surface area (TPSA) is 44.8 Å². The Kier molecular flexibility index (Phi) is 10.9. The summed E-state index contributed by atoms with van der Waals surface area (Å²) in [7, 11) is 0. The van der Waals surface area contributed by atoms with Crippen molar-refractivity contribution in [3.8, 4) is 0 Å². The molecule has 36 heavy (non-hydrogen) atoms. The molecule has 0 amide bonds. The summed E-state index contributed by atoms with van der Waals surface area (Å²) < 4.78 is 44.5. The minimum atomic E-state index is -4.44. The first-order chi connectivity index (χ1) is 16.4. The normalized spacial score (nSPS) is 13.8. The second-order valence-corrected chi connectivity index (χ2v) is 8.05. The summed E-state index contributed by atoms with van der Waals surface area (Å²) >= 11 is 0. The quantitative estimate of drug-likeness (QED) is 0.357. The number of ether oxygens (including phenoxy) is 1. The second kappa shape index (κ2) is 13.4. The third-order valence-corrected chi connectivity index (χ3v) is 5.75. The van der Waals surface area contributed by atoms with E-state index in [4.69, 9.17) is 4.74 Å². The average molecular weight is 542 g/mol. The number of hydrogen-bond donors (Lipinski definition) is 1. The van der Waals surface area contributed by atoms with E-state index >= 15 is 0 Å². The number of carbonyl (C=O) groups excluding carboxylic acids is 1. The lowest BCUT2D eigenvalue weighted by molar-refractivity contribution is -0.137. The van der Waals surface area contributed by atoms with Crippen LogP contribution < -0.4 is 10.2 Å². The average Bonchev–Trinajstić information content (AvgIpc) is 2.85. The molecular weight excluding hydrogens is 514 g/mol. The van der Waals surface area contributed by atoms with Crippen LogP contribution in [0.15, 0.2) is 78.9 Å². The number of para-hydroxylation sites is 2. The Morgan fingerprint density at radius 3 is 2.22 bits per heavy atom. The van der Waals surface area contributed by atoms with Gasteiger partial charge in [-0.1, -0.05) is 36.4 Å². The molecule has 0 spiro atoms. The van der Waals surface area contributed by atoms with Crippen molar-refractivity contribution in [2.45, 2.75) is 6.18 Å². The zero-order chi connectivity index (χ0) is 24.0. The Hall–Kier alpha value is -2.94. The predicted molar refractivity (Wildman–Crippen MR) is 141 cm³/mol. The summed E-state index contributed by atoms with van der Waals surface area (Å²) in [5.41, 5.74) is 1.35. The molecule has 0 aromatic heterocycles. The Labute approximate surface area is 221 Å². The van der Waals surface area contributed by atoms with E-state index in [1.54, 1.807) is 24.3 Å². The molecule has 1 aliphatic rings. The number of piperazine rings is 1. The van der Waals surface area contributed by atoms with Gasteiger partial charge in [-0.25, -0.2) is 4.79 Å². The molecule has 3 aromatic carbocycles. The van der Waals surface area contributed by atoms with Gasteiger partial charge in [0.15, 0.2) is 0 Å². The maximum atomic E-state index is 13.0. The third-order valence-electron chi connectivity index (χ3n) is 5.75. The first-order valence-corrected chi connectivity index (χ1v) is 11.1. The molecule has 0 bridgehead atoms. The van der Waals surface area contributed by atoms with Crippen molar-refractivity contribution < 1.29 is 22.7 Å². The second-order valence-electron chi connectivity index (χ2n) is 8.05. The van der Waals surface area contributed by atoms with E-state index in [1.165, 1.54) is 17.8 Å². The zero-order valence-electron chi connectivity index (χ0n) is 19.4. The standard InChI is InChI=1S/C26H26F3N3O2.2ClH/c27-26(28,29)20-7-6-8-21(19-20)30-24-12-5-4-11-23(24)25(33)34-18-17-31-13-15-32(16-14-31)22-9-2-1-3-10-22;;/h1-12,19,30H,13-18H2;2*1H. The third kappa shape index (κ3) is 7.78. The number of carbonyl (C=O) groups is 1. The van der Waals surface area contributed by atoms with Gasteiger partial charge in [0.25, 0.3) is 0 Å². The lowest BCUT2D eigenvalue weighted by atomic mass is 10.1. The molecule has 1 saturated heterocycles. The number of hydrogen-bond acceptors (Lipinski definition) is 5. The zero-order valence-corrected chi connectivity index (χ0v) is 21.0. The lowest BCUT2D eigenvalue weighted by Gasteiger charge is -2.35. The van der Waals surface area contributed by atoms with Gasteiger partial charge in [0, 0.05) is 44.1 Å². The van der Waals surface area contributed by atoms with Crippen molar-refractivity contribution in [1.82, 2.24) is 4.90 Å². The number of alkyl halides is 3. The summed E-state index contributed by atoms with van der Waals surface area (Å²) in [5.74, 6) is -0.516. The minimum Gasteiger partial charge on any atom is -0.461 e. The summed E-state index contributed by atoms with van der Waals surface area (Å²) in [6.45, 7) is 4.42. The number of benzene rings is 3. The largest absolute Gasteiger partial charge is 0.461 e. The van der Waals surface area contributed by atoms with Gasteiger partial charge >= 0.3 is 12.1 Å². The van der Waals surface area contributed by atoms with Crippen LogP contribution in [-0.4, -0.2) is 50.2 Å². The van der Waals surface area contributed by atoms with E-state index in [0.717, 1.165) is 38.3 Å². The van der Waals surface area contributed by atoms with Gasteiger partial charge in [0.05, 0.1) is 16.8 Å². The Morgan fingerprint density at radius 2 is 1.53 bits per heavy atom. The smallest absolute Gasteiger partial charge is 0.416 e. The number of nitrogens with zero attached hydrogens (tertiary/aromatic N) is 2. The maximum absolute atomic E-state index is 13.0. The molecule has 0 unspecified atom stereocenters. The molecular formula is C26H28Cl2F3N3O2. The summed E-state index contributed by atoms with van der Waals surface area (Å²) in [4.78, 5) is 17.3. The van der Waals surface area contributed by atoms with E-state index in [1.807, 2.05) is 18.2 Å². The van der Waals surface area contributed by atoms with Crippen molar-refractivity contribution in [1.29, 1.82) is 0 Å². The van der Waals surface area contributed by atoms with Gasteiger partial charge in [0.2, 0.25) is 0 Å².